The Morgan fingerprint density at radius 2 is 2.03 bits per heavy atom. The summed E-state index contributed by atoms with van der Waals surface area (Å²) in [6, 6.07) is 8.16. The number of aromatic nitrogens is 5. The average Bonchev–Trinajstić information content (AvgIpc) is 3.39. The second kappa shape index (κ2) is 11.4. The fraction of sp³-hybridized carbons (Fsp3) is 0.381. The van der Waals surface area contributed by atoms with Gasteiger partial charge in [0.05, 0.1) is 18.8 Å². The van der Waals surface area contributed by atoms with E-state index in [0.29, 0.717) is 53.9 Å². The summed E-state index contributed by atoms with van der Waals surface area (Å²) in [6.45, 7) is 5.81. The number of hydrogen-bond acceptors (Lipinski definition) is 6. The van der Waals surface area contributed by atoms with Crippen molar-refractivity contribution in [3.63, 3.8) is 0 Å². The number of carbonyl (C=O) groups is 1. The van der Waals surface area contributed by atoms with Crippen molar-refractivity contribution in [1.29, 1.82) is 0 Å². The quantitative estimate of drug-likeness (QED) is 0.358. The molecule has 1 aliphatic heterocycles. The van der Waals surface area contributed by atoms with Crippen LogP contribution in [0.5, 0.6) is 0 Å². The van der Waals surface area contributed by atoms with Gasteiger partial charge >= 0.3 is 6.09 Å². The molecule has 0 unspecified atom stereocenters. The molecule has 4 rings (SSSR count). The SMILES string of the molecule is CC(C)CCn1nnc(-c2ccc(-c3ccc(N4C[C@H](C[NH3+])OC4=O)cc3F)cn2)n1.[Cl-].[Cl-]. The topological polar surface area (TPSA) is 114 Å². The third-order valence-corrected chi connectivity index (χ3v) is 5.12. The molecule has 0 radical (unpaired) electrons. The van der Waals surface area contributed by atoms with Crippen molar-refractivity contribution in [3.05, 3.63) is 42.3 Å². The predicted octanol–water partition coefficient (Wildman–Crippen LogP) is -3.84. The van der Waals surface area contributed by atoms with E-state index in [1.54, 1.807) is 35.3 Å². The summed E-state index contributed by atoms with van der Waals surface area (Å²) in [5.41, 5.74) is 5.76. The second-order valence-corrected chi connectivity index (χ2v) is 7.89. The standard InChI is InChI=1S/C21H24FN7O2.2ClH/c1-13(2)7-8-29-26-20(25-27-29)19-6-3-14(11-24-19)17-5-4-15(9-18(17)22)28-12-16(10-23)31-21(28)30;;/h3-6,9,11,13,16H,7-8,10,12,23H2,1-2H3;2*1H/p-1/t16-;;/m0../s1. The van der Waals surface area contributed by atoms with E-state index in [0.717, 1.165) is 6.42 Å². The van der Waals surface area contributed by atoms with Crippen LogP contribution in [0.1, 0.15) is 20.3 Å². The lowest BCUT2D eigenvalue weighted by molar-refractivity contribution is -0.380. The number of cyclic esters (lactones) is 1. The lowest BCUT2D eigenvalue weighted by Crippen LogP contribution is -3.00. The predicted molar refractivity (Wildman–Crippen MR) is 111 cm³/mol. The Balaban J connectivity index is 0.00000193. The van der Waals surface area contributed by atoms with Crippen molar-refractivity contribution in [2.24, 2.45) is 5.92 Å². The Kier molecular flexibility index (Phi) is 9.09. The van der Waals surface area contributed by atoms with E-state index >= 15 is 0 Å². The molecule has 1 aliphatic rings. The highest BCUT2D eigenvalue weighted by Gasteiger charge is 2.32. The van der Waals surface area contributed by atoms with Crippen molar-refractivity contribution in [1.82, 2.24) is 25.2 Å². The van der Waals surface area contributed by atoms with Crippen LogP contribution in [-0.2, 0) is 11.3 Å². The van der Waals surface area contributed by atoms with E-state index in [1.807, 2.05) is 0 Å². The monoisotopic (exact) mass is 496 g/mol. The number of nitrogens with zero attached hydrogens (tertiary/aromatic N) is 6. The molecule has 12 heteroatoms. The molecule has 1 amide bonds. The lowest BCUT2D eigenvalue weighted by Gasteiger charge is -2.14. The molecule has 0 spiro atoms. The molecule has 1 fully saturated rings. The molecule has 178 valence electrons. The Morgan fingerprint density at radius 3 is 2.64 bits per heavy atom. The van der Waals surface area contributed by atoms with E-state index in [2.05, 4.69) is 40.0 Å². The number of anilines is 1. The molecule has 1 aromatic carbocycles. The first-order valence-corrected chi connectivity index (χ1v) is 10.3. The van der Waals surface area contributed by atoms with Gasteiger partial charge < -0.3 is 35.3 Å². The summed E-state index contributed by atoms with van der Waals surface area (Å²) in [5.74, 6) is 0.531. The van der Waals surface area contributed by atoms with Gasteiger partial charge in [0, 0.05) is 17.3 Å². The first-order chi connectivity index (χ1) is 14.9. The summed E-state index contributed by atoms with van der Waals surface area (Å²) in [7, 11) is 0. The largest absolute Gasteiger partial charge is 1.00 e. The minimum absolute atomic E-state index is 0. The number of pyridine rings is 1. The summed E-state index contributed by atoms with van der Waals surface area (Å²) >= 11 is 0. The minimum Gasteiger partial charge on any atom is -1.00 e. The maximum Gasteiger partial charge on any atom is 0.414 e. The summed E-state index contributed by atoms with van der Waals surface area (Å²) in [6.07, 6.45) is 1.78. The zero-order valence-corrected chi connectivity index (χ0v) is 19.8. The van der Waals surface area contributed by atoms with Crippen molar-refractivity contribution < 1.29 is 44.5 Å². The molecule has 3 heterocycles. The van der Waals surface area contributed by atoms with Gasteiger partial charge in [-0.05, 0) is 41.8 Å². The number of quaternary nitrogens is 1. The van der Waals surface area contributed by atoms with Gasteiger partial charge in [0.15, 0.2) is 6.10 Å². The first kappa shape index (κ1) is 26.4. The van der Waals surface area contributed by atoms with E-state index in [9.17, 15) is 9.18 Å². The smallest absolute Gasteiger partial charge is 0.414 e. The Hall–Kier alpha value is -2.82. The van der Waals surface area contributed by atoms with Crippen molar-refractivity contribution in [2.75, 3.05) is 18.0 Å². The van der Waals surface area contributed by atoms with Crippen molar-refractivity contribution in [2.45, 2.75) is 32.9 Å². The third kappa shape index (κ3) is 5.95. The Labute approximate surface area is 203 Å². The van der Waals surface area contributed by atoms with Crippen LogP contribution in [0.2, 0.25) is 0 Å². The van der Waals surface area contributed by atoms with Gasteiger partial charge in [-0.3, -0.25) is 9.88 Å². The van der Waals surface area contributed by atoms with Gasteiger partial charge in [0.25, 0.3) is 0 Å². The Bertz CT molecular complexity index is 1080. The van der Waals surface area contributed by atoms with Gasteiger partial charge in [0.2, 0.25) is 5.82 Å². The van der Waals surface area contributed by atoms with E-state index in [1.165, 1.54) is 11.0 Å². The summed E-state index contributed by atoms with van der Waals surface area (Å²) in [4.78, 5) is 19.3. The number of aryl methyl sites for hydroxylation is 1. The normalized spacial score (nSPS) is 15.2. The first-order valence-electron chi connectivity index (χ1n) is 10.3. The molecular weight excluding hydrogens is 472 g/mol. The Morgan fingerprint density at radius 1 is 1.24 bits per heavy atom. The van der Waals surface area contributed by atoms with Gasteiger partial charge in [-0.2, -0.15) is 4.80 Å². The summed E-state index contributed by atoms with van der Waals surface area (Å²) in [5, 5.41) is 12.5. The number of hydrogen-bond donors (Lipinski definition) is 1. The fourth-order valence-corrected chi connectivity index (χ4v) is 3.29. The van der Waals surface area contributed by atoms with Crippen molar-refractivity contribution in [3.8, 4) is 22.6 Å². The van der Waals surface area contributed by atoms with Gasteiger partial charge in [-0.15, -0.1) is 10.2 Å². The van der Waals surface area contributed by atoms with Crippen LogP contribution in [0.15, 0.2) is 36.5 Å². The van der Waals surface area contributed by atoms with E-state index in [4.69, 9.17) is 4.74 Å². The zero-order chi connectivity index (χ0) is 22.0. The molecule has 3 aromatic rings. The number of carbonyl (C=O) groups excluding carboxylic acids is 1. The molecular formula is C21H25Cl2FN7O2-. The van der Waals surface area contributed by atoms with E-state index in [-0.39, 0.29) is 30.9 Å². The lowest BCUT2D eigenvalue weighted by atomic mass is 10.1. The van der Waals surface area contributed by atoms with Crippen LogP contribution in [0, 0.1) is 11.7 Å². The van der Waals surface area contributed by atoms with Crippen molar-refractivity contribution >= 4 is 11.8 Å². The van der Waals surface area contributed by atoms with Crippen LogP contribution in [0.3, 0.4) is 0 Å². The highest BCUT2D eigenvalue weighted by molar-refractivity contribution is 5.90. The zero-order valence-electron chi connectivity index (χ0n) is 18.3. The molecule has 3 N–H and O–H groups in total. The fourth-order valence-electron chi connectivity index (χ4n) is 3.29. The third-order valence-electron chi connectivity index (χ3n) is 5.12. The van der Waals surface area contributed by atoms with Crippen LogP contribution in [-0.4, -0.2) is 50.5 Å². The van der Waals surface area contributed by atoms with Crippen LogP contribution < -0.4 is 35.4 Å². The van der Waals surface area contributed by atoms with Gasteiger partial charge in [-0.25, -0.2) is 9.18 Å². The molecule has 9 nitrogen and oxygen atoms in total. The molecule has 0 saturated carbocycles. The maximum atomic E-state index is 14.8. The number of amides is 1. The highest BCUT2D eigenvalue weighted by atomic mass is 35.5. The molecule has 33 heavy (non-hydrogen) atoms. The van der Waals surface area contributed by atoms with Crippen LogP contribution >= 0.6 is 0 Å². The number of tetrazole rings is 1. The maximum absolute atomic E-state index is 14.8. The second-order valence-electron chi connectivity index (χ2n) is 7.89. The molecule has 1 atom stereocenters. The number of halogens is 3. The van der Waals surface area contributed by atoms with Crippen LogP contribution in [0.25, 0.3) is 22.6 Å². The molecule has 0 aliphatic carbocycles. The number of rotatable bonds is 7. The number of ether oxygens (including phenoxy) is 1. The summed E-state index contributed by atoms with van der Waals surface area (Å²) < 4.78 is 20.0. The van der Waals surface area contributed by atoms with Gasteiger partial charge in [0.1, 0.15) is 18.1 Å². The molecule has 0 bridgehead atoms. The number of benzene rings is 1. The van der Waals surface area contributed by atoms with Gasteiger partial charge in [-0.1, -0.05) is 19.9 Å². The molecule has 1 saturated heterocycles. The van der Waals surface area contributed by atoms with Crippen LogP contribution in [0.4, 0.5) is 14.9 Å². The average molecular weight is 497 g/mol. The minimum atomic E-state index is -0.485. The molecule has 2 aromatic heterocycles. The van der Waals surface area contributed by atoms with E-state index < -0.39 is 11.9 Å². The highest BCUT2D eigenvalue weighted by Crippen LogP contribution is 2.29.